The summed E-state index contributed by atoms with van der Waals surface area (Å²) in [5.74, 6) is 1.00. The van der Waals surface area contributed by atoms with E-state index in [9.17, 15) is 9.18 Å². The summed E-state index contributed by atoms with van der Waals surface area (Å²) in [6.45, 7) is 3.51. The Balaban J connectivity index is 1.46. The van der Waals surface area contributed by atoms with Crippen molar-refractivity contribution >= 4 is 11.6 Å². The average Bonchev–Trinajstić information content (AvgIpc) is 2.82. The van der Waals surface area contributed by atoms with Crippen molar-refractivity contribution in [2.45, 2.75) is 12.8 Å². The minimum absolute atomic E-state index is 0.123. The van der Waals surface area contributed by atoms with Crippen molar-refractivity contribution in [2.75, 3.05) is 25.0 Å². The molecule has 0 spiro atoms. The lowest BCUT2D eigenvalue weighted by atomic mass is 10.0. The molecule has 21 heavy (non-hydrogen) atoms. The molecule has 1 aliphatic rings. The largest absolute Gasteiger partial charge is 0.339 e. The van der Waals surface area contributed by atoms with Crippen LogP contribution in [-0.4, -0.2) is 40.6 Å². The van der Waals surface area contributed by atoms with Crippen molar-refractivity contribution in [1.29, 1.82) is 0 Å². The van der Waals surface area contributed by atoms with Gasteiger partial charge in [-0.1, -0.05) is 5.16 Å². The highest BCUT2D eigenvalue weighted by Gasteiger charge is 2.33. The number of amides is 1. The van der Waals surface area contributed by atoms with E-state index in [1.807, 2.05) is 4.90 Å². The molecule has 0 aliphatic carbocycles. The van der Waals surface area contributed by atoms with E-state index in [2.05, 4.69) is 15.5 Å². The van der Waals surface area contributed by atoms with Crippen molar-refractivity contribution < 1.29 is 13.7 Å². The Kier molecular flexibility index (Phi) is 3.66. The van der Waals surface area contributed by atoms with Crippen LogP contribution < -0.4 is 5.32 Å². The van der Waals surface area contributed by atoms with E-state index in [-0.39, 0.29) is 17.6 Å². The summed E-state index contributed by atoms with van der Waals surface area (Å²) in [6, 6.07) is 5.70. The molecule has 0 saturated carbocycles. The van der Waals surface area contributed by atoms with Gasteiger partial charge < -0.3 is 9.84 Å². The van der Waals surface area contributed by atoms with E-state index in [4.69, 9.17) is 4.52 Å². The molecule has 1 saturated heterocycles. The molecule has 0 radical (unpaired) electrons. The molecule has 1 N–H and O–H groups in total. The molecule has 1 fully saturated rings. The lowest BCUT2D eigenvalue weighted by molar-refractivity contribution is -0.118. The number of carbonyl (C=O) groups is 1. The van der Waals surface area contributed by atoms with Crippen molar-refractivity contribution in [1.82, 2.24) is 15.0 Å². The smallest absolute Gasteiger partial charge is 0.238 e. The van der Waals surface area contributed by atoms with E-state index in [0.29, 0.717) is 23.9 Å². The molecular formula is C14H15FN4O2. The molecule has 0 bridgehead atoms. The Morgan fingerprint density at radius 3 is 2.76 bits per heavy atom. The SMILES string of the molecule is Cc1noc(C2CN(CC(=O)Nc3ccc(F)cc3)C2)n1. The van der Waals surface area contributed by atoms with Crippen LogP contribution in [0.3, 0.4) is 0 Å². The molecule has 1 amide bonds. The third kappa shape index (κ3) is 3.25. The number of rotatable bonds is 4. The second kappa shape index (κ2) is 5.61. The molecule has 2 heterocycles. The highest BCUT2D eigenvalue weighted by atomic mass is 19.1. The first kappa shape index (κ1) is 13.7. The zero-order valence-corrected chi connectivity index (χ0v) is 11.5. The molecule has 3 rings (SSSR count). The van der Waals surface area contributed by atoms with Crippen LogP contribution in [-0.2, 0) is 4.79 Å². The molecule has 0 atom stereocenters. The number of likely N-dealkylation sites (tertiary alicyclic amines) is 1. The number of aromatic nitrogens is 2. The summed E-state index contributed by atoms with van der Waals surface area (Å²) < 4.78 is 17.9. The molecule has 2 aromatic rings. The number of nitrogens with one attached hydrogen (secondary N) is 1. The fourth-order valence-electron chi connectivity index (χ4n) is 2.27. The molecule has 1 aromatic carbocycles. The highest BCUT2D eigenvalue weighted by molar-refractivity contribution is 5.92. The van der Waals surface area contributed by atoms with Crippen molar-refractivity contribution in [3.63, 3.8) is 0 Å². The summed E-state index contributed by atoms with van der Waals surface area (Å²) in [6.07, 6.45) is 0. The predicted octanol–water partition coefficient (Wildman–Crippen LogP) is 1.56. The lowest BCUT2D eigenvalue weighted by Crippen LogP contribution is -2.48. The first-order valence-corrected chi connectivity index (χ1v) is 6.68. The van der Waals surface area contributed by atoms with Gasteiger partial charge in [0.25, 0.3) is 0 Å². The Morgan fingerprint density at radius 2 is 2.14 bits per heavy atom. The quantitative estimate of drug-likeness (QED) is 0.925. The van der Waals surface area contributed by atoms with Gasteiger partial charge in [-0.05, 0) is 31.2 Å². The molecule has 7 heteroatoms. The van der Waals surface area contributed by atoms with E-state index in [1.165, 1.54) is 24.3 Å². The van der Waals surface area contributed by atoms with Crippen LogP contribution in [0.25, 0.3) is 0 Å². The number of nitrogens with zero attached hydrogens (tertiary/aromatic N) is 3. The van der Waals surface area contributed by atoms with Crippen LogP contribution >= 0.6 is 0 Å². The third-order valence-corrected chi connectivity index (χ3v) is 3.34. The number of halogens is 1. The summed E-state index contributed by atoms with van der Waals surface area (Å²) in [4.78, 5) is 18.0. The number of benzene rings is 1. The second-order valence-corrected chi connectivity index (χ2v) is 5.13. The first-order chi connectivity index (χ1) is 10.1. The van der Waals surface area contributed by atoms with Crippen molar-refractivity contribution in [3.8, 4) is 0 Å². The summed E-state index contributed by atoms with van der Waals surface area (Å²) in [5, 5.41) is 6.48. The normalized spacial score (nSPS) is 15.7. The Labute approximate surface area is 120 Å². The maximum atomic E-state index is 12.8. The fraction of sp³-hybridized carbons (Fsp3) is 0.357. The van der Waals surface area contributed by atoms with Gasteiger partial charge in [-0.25, -0.2) is 4.39 Å². The number of carbonyl (C=O) groups excluding carboxylic acids is 1. The van der Waals surface area contributed by atoms with E-state index >= 15 is 0 Å². The third-order valence-electron chi connectivity index (χ3n) is 3.34. The summed E-state index contributed by atoms with van der Waals surface area (Å²) in [7, 11) is 0. The average molecular weight is 290 g/mol. The minimum Gasteiger partial charge on any atom is -0.339 e. The van der Waals surface area contributed by atoms with Gasteiger partial charge >= 0.3 is 0 Å². The molecule has 1 aliphatic heterocycles. The predicted molar refractivity (Wildman–Crippen MR) is 73.2 cm³/mol. The molecule has 0 unspecified atom stereocenters. The summed E-state index contributed by atoms with van der Waals surface area (Å²) in [5.41, 5.74) is 0.589. The zero-order chi connectivity index (χ0) is 14.8. The van der Waals surface area contributed by atoms with Gasteiger partial charge in [0.2, 0.25) is 11.8 Å². The van der Waals surface area contributed by atoms with Gasteiger partial charge in [-0.3, -0.25) is 9.69 Å². The van der Waals surface area contributed by atoms with E-state index < -0.39 is 0 Å². The fourth-order valence-corrected chi connectivity index (χ4v) is 2.27. The number of aryl methyl sites for hydroxylation is 1. The van der Waals surface area contributed by atoms with Crippen molar-refractivity contribution in [2.24, 2.45) is 0 Å². The molecular weight excluding hydrogens is 275 g/mol. The van der Waals surface area contributed by atoms with Gasteiger partial charge in [0.15, 0.2) is 5.82 Å². The number of anilines is 1. The molecule has 1 aromatic heterocycles. The van der Waals surface area contributed by atoms with Gasteiger partial charge in [0.1, 0.15) is 5.82 Å². The van der Waals surface area contributed by atoms with Crippen LogP contribution in [0.5, 0.6) is 0 Å². The van der Waals surface area contributed by atoms with Gasteiger partial charge in [-0.15, -0.1) is 0 Å². The minimum atomic E-state index is -0.326. The second-order valence-electron chi connectivity index (χ2n) is 5.13. The van der Waals surface area contributed by atoms with Gasteiger partial charge in [-0.2, -0.15) is 4.98 Å². The van der Waals surface area contributed by atoms with Gasteiger partial charge in [0, 0.05) is 18.8 Å². The molecule has 110 valence electrons. The topological polar surface area (TPSA) is 71.3 Å². The lowest BCUT2D eigenvalue weighted by Gasteiger charge is -2.36. The van der Waals surface area contributed by atoms with Crippen LogP contribution in [0.4, 0.5) is 10.1 Å². The van der Waals surface area contributed by atoms with E-state index in [0.717, 1.165) is 13.1 Å². The van der Waals surface area contributed by atoms with E-state index in [1.54, 1.807) is 6.92 Å². The van der Waals surface area contributed by atoms with Crippen molar-refractivity contribution in [3.05, 3.63) is 41.8 Å². The molecule has 6 nitrogen and oxygen atoms in total. The first-order valence-electron chi connectivity index (χ1n) is 6.68. The van der Waals surface area contributed by atoms with Crippen LogP contribution in [0, 0.1) is 12.7 Å². The number of hydrogen-bond donors (Lipinski definition) is 1. The standard InChI is InChI=1S/C14H15FN4O2/c1-9-16-14(21-18-9)10-6-19(7-10)8-13(20)17-12-4-2-11(15)3-5-12/h2-5,10H,6-8H2,1H3,(H,17,20). The maximum absolute atomic E-state index is 12.8. The monoisotopic (exact) mass is 290 g/mol. The van der Waals surface area contributed by atoms with Gasteiger partial charge in [0.05, 0.1) is 12.5 Å². The maximum Gasteiger partial charge on any atom is 0.238 e. The summed E-state index contributed by atoms with van der Waals surface area (Å²) >= 11 is 0. The zero-order valence-electron chi connectivity index (χ0n) is 11.5. The Hall–Kier alpha value is -2.28. The van der Waals surface area contributed by atoms with Crippen LogP contribution in [0.15, 0.2) is 28.8 Å². The Morgan fingerprint density at radius 1 is 1.43 bits per heavy atom. The van der Waals surface area contributed by atoms with Crippen LogP contribution in [0.1, 0.15) is 17.6 Å². The Bertz CT molecular complexity index is 635. The highest BCUT2D eigenvalue weighted by Crippen LogP contribution is 2.25. The number of hydrogen-bond acceptors (Lipinski definition) is 5. The van der Waals surface area contributed by atoms with Crippen LogP contribution in [0.2, 0.25) is 0 Å².